The van der Waals surface area contributed by atoms with Crippen molar-refractivity contribution < 1.29 is 4.55 Å². The first-order valence-corrected chi connectivity index (χ1v) is 7.67. The van der Waals surface area contributed by atoms with Gasteiger partial charge in [0.25, 0.3) is 0 Å². The van der Waals surface area contributed by atoms with E-state index in [2.05, 4.69) is 30.6 Å². The molecule has 18 heavy (non-hydrogen) atoms. The number of hydrogen-bond donors (Lipinski definition) is 1. The highest BCUT2D eigenvalue weighted by molar-refractivity contribution is 9.10. The van der Waals surface area contributed by atoms with Crippen LogP contribution in [0.4, 0.5) is 0 Å². The predicted octanol–water partition coefficient (Wildman–Crippen LogP) is 2.83. The molecular formula is C12H20BrN3OS. The largest absolute Gasteiger partial charge is 0.598 e. The van der Waals surface area contributed by atoms with Crippen LogP contribution in [0.25, 0.3) is 0 Å². The summed E-state index contributed by atoms with van der Waals surface area (Å²) >= 11 is 2.14. The lowest BCUT2D eigenvalue weighted by molar-refractivity contribution is 0.442. The fraction of sp³-hybridized carbons (Fsp3) is 0.667. The summed E-state index contributed by atoms with van der Waals surface area (Å²) in [6, 6.07) is 0. The van der Waals surface area contributed by atoms with E-state index in [1.54, 1.807) is 6.20 Å². The molecule has 1 rings (SSSR count). The summed E-state index contributed by atoms with van der Waals surface area (Å²) < 4.78 is 15.7. The molecule has 1 N–H and O–H groups in total. The van der Waals surface area contributed by atoms with Crippen LogP contribution in [0.1, 0.15) is 46.0 Å². The van der Waals surface area contributed by atoms with E-state index in [-0.39, 0.29) is 4.75 Å². The molecular weight excluding hydrogens is 314 g/mol. The molecule has 102 valence electrons. The molecule has 0 saturated carbocycles. The summed E-state index contributed by atoms with van der Waals surface area (Å²) in [6.07, 6.45) is 1.66. The van der Waals surface area contributed by atoms with Crippen LogP contribution in [0, 0.1) is 6.92 Å². The van der Waals surface area contributed by atoms with Crippen LogP contribution in [0.3, 0.4) is 0 Å². The molecule has 0 saturated heterocycles. The summed E-state index contributed by atoms with van der Waals surface area (Å²) in [4.78, 5) is 8.70. The maximum absolute atomic E-state index is 12.2. The van der Waals surface area contributed by atoms with Gasteiger partial charge in [0.1, 0.15) is 14.9 Å². The van der Waals surface area contributed by atoms with Gasteiger partial charge in [0.2, 0.25) is 0 Å². The summed E-state index contributed by atoms with van der Waals surface area (Å²) in [5, 5.41) is 0. The Kier molecular flexibility index (Phi) is 4.81. The van der Waals surface area contributed by atoms with Crippen LogP contribution in [0.2, 0.25) is 0 Å². The van der Waals surface area contributed by atoms with E-state index < -0.39 is 16.9 Å². The number of rotatable bonds is 3. The Morgan fingerprint density at radius 2 is 1.83 bits per heavy atom. The molecule has 0 aliphatic rings. The molecule has 0 bridgehead atoms. The third kappa shape index (κ3) is 3.91. The quantitative estimate of drug-likeness (QED) is 0.864. The van der Waals surface area contributed by atoms with Crippen LogP contribution >= 0.6 is 15.9 Å². The number of nitrogens with one attached hydrogen (secondary N) is 1. The molecule has 6 heteroatoms. The van der Waals surface area contributed by atoms with Gasteiger partial charge < -0.3 is 4.55 Å². The zero-order valence-electron chi connectivity index (χ0n) is 11.7. The van der Waals surface area contributed by atoms with Gasteiger partial charge >= 0.3 is 0 Å². The van der Waals surface area contributed by atoms with Crippen molar-refractivity contribution in [3.05, 3.63) is 22.2 Å². The van der Waals surface area contributed by atoms with Crippen molar-refractivity contribution in [3.63, 3.8) is 0 Å². The lowest BCUT2D eigenvalue weighted by atomic mass is 10.0. The zero-order valence-corrected chi connectivity index (χ0v) is 14.1. The second-order valence-corrected chi connectivity index (χ2v) is 8.51. The molecule has 1 unspecified atom stereocenters. The van der Waals surface area contributed by atoms with Crippen LogP contribution in [0.5, 0.6) is 0 Å². The van der Waals surface area contributed by atoms with E-state index in [9.17, 15) is 4.55 Å². The van der Waals surface area contributed by atoms with Crippen molar-refractivity contribution in [1.29, 1.82) is 0 Å². The van der Waals surface area contributed by atoms with Gasteiger partial charge in [-0.25, -0.2) is 4.98 Å². The molecule has 1 atom stereocenters. The standard InChI is InChI=1S/C12H20BrN3OS/c1-8-10(14-7-9(13)15-8)12(5,6)16-18(17)11(2,3)4/h7,16H,1-6H3. The van der Waals surface area contributed by atoms with Crippen molar-refractivity contribution in [2.45, 2.75) is 51.8 Å². The lowest BCUT2D eigenvalue weighted by Crippen LogP contribution is -2.49. The minimum Gasteiger partial charge on any atom is -0.598 e. The van der Waals surface area contributed by atoms with E-state index in [0.717, 1.165) is 11.4 Å². The van der Waals surface area contributed by atoms with Crippen molar-refractivity contribution >= 4 is 27.3 Å². The molecule has 0 aliphatic heterocycles. The summed E-state index contributed by atoms with van der Waals surface area (Å²) in [6.45, 7) is 11.6. The fourth-order valence-corrected chi connectivity index (χ4v) is 2.73. The third-order valence-corrected chi connectivity index (χ3v) is 4.60. The Bertz CT molecular complexity index is 432. The van der Waals surface area contributed by atoms with E-state index in [1.807, 2.05) is 41.5 Å². The molecule has 0 spiro atoms. The van der Waals surface area contributed by atoms with E-state index in [1.165, 1.54) is 0 Å². The zero-order chi connectivity index (χ0) is 14.1. The minimum atomic E-state index is -1.15. The maximum Gasteiger partial charge on any atom is 0.136 e. The fourth-order valence-electron chi connectivity index (χ4n) is 1.50. The Balaban J connectivity index is 2.99. The number of aryl methyl sites for hydroxylation is 1. The topological polar surface area (TPSA) is 60.9 Å². The average molecular weight is 334 g/mol. The number of aromatic nitrogens is 2. The Morgan fingerprint density at radius 3 is 2.28 bits per heavy atom. The van der Waals surface area contributed by atoms with Gasteiger partial charge in [-0.05, 0) is 57.5 Å². The first-order chi connectivity index (χ1) is 8.04. The number of hydrogen-bond acceptors (Lipinski definition) is 4. The summed E-state index contributed by atoms with van der Waals surface area (Å²) in [5.41, 5.74) is 1.15. The average Bonchev–Trinajstić information content (AvgIpc) is 2.14. The van der Waals surface area contributed by atoms with Gasteiger partial charge in [0.05, 0.1) is 17.6 Å². The Morgan fingerprint density at radius 1 is 1.28 bits per heavy atom. The molecule has 0 radical (unpaired) electrons. The van der Waals surface area contributed by atoms with Crippen molar-refractivity contribution in [2.24, 2.45) is 0 Å². The third-order valence-electron chi connectivity index (χ3n) is 2.41. The van der Waals surface area contributed by atoms with E-state index in [4.69, 9.17) is 0 Å². The van der Waals surface area contributed by atoms with Crippen molar-refractivity contribution in [3.8, 4) is 0 Å². The van der Waals surface area contributed by atoms with Gasteiger partial charge in [-0.1, -0.05) is 0 Å². The van der Waals surface area contributed by atoms with Gasteiger partial charge in [0.15, 0.2) is 0 Å². The first-order valence-electron chi connectivity index (χ1n) is 5.73. The highest BCUT2D eigenvalue weighted by Gasteiger charge is 2.35. The van der Waals surface area contributed by atoms with Crippen LogP contribution in [0.15, 0.2) is 10.8 Å². The first kappa shape index (κ1) is 15.9. The van der Waals surface area contributed by atoms with Gasteiger partial charge in [-0.3, -0.25) is 4.98 Å². The van der Waals surface area contributed by atoms with E-state index in [0.29, 0.717) is 4.60 Å². The molecule has 4 nitrogen and oxygen atoms in total. The van der Waals surface area contributed by atoms with Gasteiger partial charge in [0, 0.05) is 11.4 Å². The van der Waals surface area contributed by atoms with E-state index >= 15 is 0 Å². The molecule has 0 aliphatic carbocycles. The molecule has 0 aromatic carbocycles. The summed E-state index contributed by atoms with van der Waals surface area (Å²) in [7, 11) is 0. The smallest absolute Gasteiger partial charge is 0.136 e. The minimum absolute atomic E-state index is 0.312. The normalized spacial score (nSPS) is 14.7. The van der Waals surface area contributed by atoms with Gasteiger partial charge in [-0.15, -0.1) is 4.72 Å². The van der Waals surface area contributed by atoms with Crippen LogP contribution in [-0.4, -0.2) is 19.3 Å². The predicted molar refractivity (Wildman–Crippen MR) is 78.5 cm³/mol. The molecule has 1 heterocycles. The second kappa shape index (κ2) is 5.45. The second-order valence-electron chi connectivity index (χ2n) is 5.73. The Labute approximate surface area is 120 Å². The molecule has 1 aromatic rings. The molecule has 0 amide bonds. The summed E-state index contributed by atoms with van der Waals surface area (Å²) in [5.74, 6) is 0. The molecule has 0 fully saturated rings. The Hall–Kier alpha value is -0.170. The lowest BCUT2D eigenvalue weighted by Gasteiger charge is -2.32. The van der Waals surface area contributed by atoms with Crippen molar-refractivity contribution in [2.75, 3.05) is 0 Å². The molecule has 1 aromatic heterocycles. The number of nitrogens with zero attached hydrogens (tertiary/aromatic N) is 2. The highest BCUT2D eigenvalue weighted by atomic mass is 79.9. The highest BCUT2D eigenvalue weighted by Crippen LogP contribution is 2.25. The van der Waals surface area contributed by atoms with Crippen LogP contribution in [-0.2, 0) is 16.9 Å². The maximum atomic E-state index is 12.2. The monoisotopic (exact) mass is 333 g/mol. The SMILES string of the molecule is Cc1nc(Br)cnc1C(C)(C)N[S+]([O-])C(C)(C)C. The number of halogens is 1. The van der Waals surface area contributed by atoms with Gasteiger partial charge in [-0.2, -0.15) is 0 Å². The van der Waals surface area contributed by atoms with Crippen molar-refractivity contribution in [1.82, 2.24) is 14.7 Å². The van der Waals surface area contributed by atoms with Crippen LogP contribution < -0.4 is 4.72 Å².